The summed E-state index contributed by atoms with van der Waals surface area (Å²) >= 11 is 13.3. The summed E-state index contributed by atoms with van der Waals surface area (Å²) < 4.78 is 0. The first-order valence-electron chi connectivity index (χ1n) is 11.6. The number of nitrogens with one attached hydrogen (secondary N) is 4. The number of hydrogen-bond donors (Lipinski definition) is 5. The van der Waals surface area contributed by atoms with E-state index in [1.54, 1.807) is 23.3 Å². The van der Waals surface area contributed by atoms with Crippen LogP contribution in [0.4, 0.5) is 11.4 Å². The van der Waals surface area contributed by atoms with Gasteiger partial charge in [-0.25, -0.2) is 0 Å². The van der Waals surface area contributed by atoms with Gasteiger partial charge in [0, 0.05) is 35.0 Å². The van der Waals surface area contributed by atoms with Crippen LogP contribution in [0.25, 0.3) is 10.9 Å². The summed E-state index contributed by atoms with van der Waals surface area (Å²) in [7, 11) is 0. The van der Waals surface area contributed by atoms with E-state index in [1.807, 2.05) is 24.3 Å². The standard InChI is InChI=1S/C26H28Cl2N8O/c1-26(2,3)14-32-23-15(10-29)11-31-24-18(23)8-16(9-20(24)28)33-25(17-6-4-5-7-19(17)27)21-12-36(35-34-21)13-22(30)37/h4-9,11-12,25,33-35H,13-14H2,1-3H3,(H2,30,37)(H,31,32). The second kappa shape index (κ2) is 10.7. The van der Waals surface area contributed by atoms with Crippen LogP contribution < -0.4 is 27.3 Å². The average Bonchev–Trinajstić information content (AvgIpc) is 3.28. The molecule has 2 aromatic carbocycles. The van der Waals surface area contributed by atoms with Crippen LogP contribution in [-0.4, -0.2) is 29.0 Å². The van der Waals surface area contributed by atoms with Crippen LogP contribution in [0.5, 0.6) is 0 Å². The molecule has 9 nitrogen and oxygen atoms in total. The second-order valence-electron chi connectivity index (χ2n) is 9.94. The Kier molecular flexibility index (Phi) is 7.64. The maximum atomic E-state index is 11.4. The molecule has 1 unspecified atom stereocenters. The van der Waals surface area contributed by atoms with E-state index in [4.69, 9.17) is 28.9 Å². The van der Waals surface area contributed by atoms with Crippen molar-refractivity contribution in [3.63, 3.8) is 0 Å². The van der Waals surface area contributed by atoms with E-state index >= 15 is 0 Å². The van der Waals surface area contributed by atoms with Crippen molar-refractivity contribution in [2.75, 3.05) is 23.7 Å². The van der Waals surface area contributed by atoms with Gasteiger partial charge in [0.1, 0.15) is 12.6 Å². The highest BCUT2D eigenvalue weighted by Gasteiger charge is 2.25. The summed E-state index contributed by atoms with van der Waals surface area (Å²) in [6, 6.07) is 12.9. The number of carbonyl (C=O) groups excluding carboxylic acids is 1. The van der Waals surface area contributed by atoms with E-state index in [2.05, 4.69) is 53.4 Å². The minimum atomic E-state index is -0.480. The van der Waals surface area contributed by atoms with Gasteiger partial charge in [0.25, 0.3) is 0 Å². The van der Waals surface area contributed by atoms with Crippen molar-refractivity contribution in [1.82, 2.24) is 21.0 Å². The van der Waals surface area contributed by atoms with Crippen LogP contribution in [-0.2, 0) is 4.79 Å². The molecule has 0 fully saturated rings. The first-order valence-corrected chi connectivity index (χ1v) is 12.4. The number of hydrogen-bond acceptors (Lipinski definition) is 8. The number of halogens is 2. The monoisotopic (exact) mass is 538 g/mol. The molecule has 192 valence electrons. The Labute approximate surface area is 225 Å². The number of amides is 1. The summed E-state index contributed by atoms with van der Waals surface area (Å²) in [4.78, 5) is 15.8. The molecule has 0 saturated carbocycles. The molecule has 1 atom stereocenters. The molecule has 0 radical (unpaired) electrons. The molecule has 1 aromatic heterocycles. The Bertz CT molecular complexity index is 1410. The van der Waals surface area contributed by atoms with Crippen LogP contribution in [0.1, 0.15) is 37.9 Å². The molecule has 2 heterocycles. The lowest BCUT2D eigenvalue weighted by Gasteiger charge is -2.24. The fourth-order valence-corrected chi connectivity index (χ4v) is 4.45. The molecule has 4 rings (SSSR count). The van der Waals surface area contributed by atoms with Crippen molar-refractivity contribution in [3.8, 4) is 6.07 Å². The van der Waals surface area contributed by atoms with Crippen LogP contribution in [0.2, 0.25) is 10.0 Å². The van der Waals surface area contributed by atoms with Crippen LogP contribution >= 0.6 is 23.2 Å². The lowest BCUT2D eigenvalue weighted by atomic mass is 9.96. The Morgan fingerprint density at radius 3 is 2.68 bits per heavy atom. The summed E-state index contributed by atoms with van der Waals surface area (Å²) in [6.07, 6.45) is 3.28. The average molecular weight is 539 g/mol. The number of nitrogens with zero attached hydrogens (tertiary/aromatic N) is 3. The van der Waals surface area contributed by atoms with Crippen LogP contribution in [0.3, 0.4) is 0 Å². The molecule has 3 aromatic rings. The largest absolute Gasteiger partial charge is 0.383 e. The van der Waals surface area contributed by atoms with Crippen molar-refractivity contribution in [3.05, 3.63) is 75.7 Å². The quantitative estimate of drug-likeness (QED) is 0.279. The molecule has 1 aliphatic rings. The van der Waals surface area contributed by atoms with Gasteiger partial charge >= 0.3 is 0 Å². The molecular weight excluding hydrogens is 511 g/mol. The van der Waals surface area contributed by atoms with Crippen LogP contribution in [0.15, 0.2) is 54.5 Å². The van der Waals surface area contributed by atoms with Gasteiger partial charge in [0.15, 0.2) is 0 Å². The van der Waals surface area contributed by atoms with E-state index in [9.17, 15) is 10.1 Å². The number of anilines is 2. The maximum absolute atomic E-state index is 11.4. The number of primary amides is 1. The first kappa shape index (κ1) is 26.4. The lowest BCUT2D eigenvalue weighted by Crippen LogP contribution is -2.41. The second-order valence-corrected chi connectivity index (χ2v) is 10.8. The van der Waals surface area contributed by atoms with Gasteiger partial charge in [0.2, 0.25) is 5.91 Å². The lowest BCUT2D eigenvalue weighted by molar-refractivity contribution is -0.119. The van der Waals surface area contributed by atoms with Crippen molar-refractivity contribution in [1.29, 1.82) is 5.26 Å². The number of fused-ring (bicyclic) bond motifs is 1. The molecule has 37 heavy (non-hydrogen) atoms. The summed E-state index contributed by atoms with van der Waals surface area (Å²) in [5.41, 5.74) is 15.2. The third-order valence-electron chi connectivity index (χ3n) is 5.64. The number of carbonyl (C=O) groups is 1. The zero-order chi connectivity index (χ0) is 26.7. The molecule has 1 amide bonds. The highest BCUT2D eigenvalue weighted by molar-refractivity contribution is 6.36. The number of hydrazine groups is 2. The highest BCUT2D eigenvalue weighted by atomic mass is 35.5. The number of nitriles is 1. The molecule has 6 N–H and O–H groups in total. The number of benzene rings is 2. The highest BCUT2D eigenvalue weighted by Crippen LogP contribution is 2.37. The smallest absolute Gasteiger partial charge is 0.238 e. The fraction of sp³-hybridized carbons (Fsp3) is 0.269. The van der Waals surface area contributed by atoms with Gasteiger partial charge in [-0.15, -0.1) is 5.53 Å². The minimum absolute atomic E-state index is 0.0124. The first-order chi connectivity index (χ1) is 17.6. The van der Waals surface area contributed by atoms with Gasteiger partial charge in [-0.2, -0.15) is 5.26 Å². The number of rotatable bonds is 8. The molecule has 0 saturated heterocycles. The molecular formula is C26H28Cl2N8O. The van der Waals surface area contributed by atoms with Crippen molar-refractivity contribution in [2.24, 2.45) is 11.1 Å². The van der Waals surface area contributed by atoms with Crippen molar-refractivity contribution >= 4 is 51.4 Å². The molecule has 0 aliphatic carbocycles. The van der Waals surface area contributed by atoms with Crippen molar-refractivity contribution < 1.29 is 4.79 Å². The van der Waals surface area contributed by atoms with E-state index in [0.717, 1.165) is 10.9 Å². The zero-order valence-electron chi connectivity index (χ0n) is 20.7. The van der Waals surface area contributed by atoms with Gasteiger partial charge in [-0.3, -0.25) is 14.8 Å². The van der Waals surface area contributed by atoms with Gasteiger partial charge < -0.3 is 21.8 Å². The maximum Gasteiger partial charge on any atom is 0.238 e. The molecule has 0 spiro atoms. The number of aromatic nitrogens is 1. The van der Waals surface area contributed by atoms with E-state index in [-0.39, 0.29) is 12.0 Å². The summed E-state index contributed by atoms with van der Waals surface area (Å²) in [6.45, 7) is 6.97. The molecule has 0 bridgehead atoms. The van der Waals surface area contributed by atoms with Crippen LogP contribution in [0, 0.1) is 16.7 Å². The molecule has 1 aliphatic heterocycles. The Morgan fingerprint density at radius 1 is 1.24 bits per heavy atom. The predicted molar refractivity (Wildman–Crippen MR) is 147 cm³/mol. The van der Waals surface area contributed by atoms with E-state index in [1.165, 1.54) is 6.20 Å². The minimum Gasteiger partial charge on any atom is -0.383 e. The number of pyridine rings is 1. The van der Waals surface area contributed by atoms with Gasteiger partial charge in [0.05, 0.1) is 33.5 Å². The molecule has 11 heteroatoms. The fourth-order valence-electron chi connectivity index (χ4n) is 3.94. The summed E-state index contributed by atoms with van der Waals surface area (Å²) in [5, 5.41) is 19.9. The topological polar surface area (TPSA) is 131 Å². The SMILES string of the molecule is CC(C)(C)CNc1c(C#N)cnc2c(Cl)cc(NC(C3=CN(CC(N)=O)NN3)c3ccccc3Cl)cc12. The number of nitrogens with two attached hydrogens (primary N) is 1. The Morgan fingerprint density at radius 2 is 2.00 bits per heavy atom. The third-order valence-corrected chi connectivity index (χ3v) is 6.28. The summed E-state index contributed by atoms with van der Waals surface area (Å²) in [5.74, 6) is -0.480. The zero-order valence-corrected chi connectivity index (χ0v) is 22.2. The van der Waals surface area contributed by atoms with Gasteiger partial charge in [-0.05, 0) is 29.2 Å². The van der Waals surface area contributed by atoms with Crippen molar-refractivity contribution in [2.45, 2.75) is 26.8 Å². The van der Waals surface area contributed by atoms with E-state index < -0.39 is 11.9 Å². The normalized spacial score (nSPS) is 14.1. The Hall–Kier alpha value is -3.71. The van der Waals surface area contributed by atoms with E-state index in [0.29, 0.717) is 44.7 Å². The predicted octanol–water partition coefficient (Wildman–Crippen LogP) is 4.68. The Balaban J connectivity index is 1.79. The third kappa shape index (κ3) is 6.17. The van der Waals surface area contributed by atoms with Gasteiger partial charge in [-0.1, -0.05) is 62.2 Å².